The zero-order valence-corrected chi connectivity index (χ0v) is 17.6. The Morgan fingerprint density at radius 1 is 1.00 bits per heavy atom. The second-order valence-corrected chi connectivity index (χ2v) is 11.0. The Morgan fingerprint density at radius 3 is 2.52 bits per heavy atom. The number of rotatable bonds is 1. The topological polar surface area (TPSA) is 32.3 Å². The van der Waals surface area contributed by atoms with Crippen LogP contribution < -0.4 is 5.32 Å². The van der Waals surface area contributed by atoms with E-state index in [0.29, 0.717) is 16.7 Å². The van der Waals surface area contributed by atoms with E-state index in [2.05, 4.69) is 38.2 Å². The summed E-state index contributed by atoms with van der Waals surface area (Å²) >= 11 is 0. The molecule has 0 unspecified atom stereocenters. The van der Waals surface area contributed by atoms with Crippen molar-refractivity contribution in [2.24, 2.45) is 40.4 Å². The van der Waals surface area contributed by atoms with Gasteiger partial charge in [0.1, 0.15) is 0 Å². The van der Waals surface area contributed by atoms with Gasteiger partial charge in [0.2, 0.25) is 0 Å². The van der Waals surface area contributed by atoms with E-state index in [4.69, 9.17) is 0 Å². The first-order valence-corrected chi connectivity index (χ1v) is 11.7. The lowest BCUT2D eigenvalue weighted by atomic mass is 9.45. The number of aliphatic hydroxyl groups excluding tert-OH is 1. The summed E-state index contributed by atoms with van der Waals surface area (Å²) in [6, 6.07) is 0. The minimum Gasteiger partial charge on any atom is -0.393 e. The third-order valence-electron chi connectivity index (χ3n) is 9.83. The van der Waals surface area contributed by atoms with E-state index in [9.17, 15) is 5.11 Å². The predicted octanol–water partition coefficient (Wildman–Crippen LogP) is 5.09. The fourth-order valence-electron chi connectivity index (χ4n) is 8.37. The second-order valence-electron chi connectivity index (χ2n) is 11.0. The van der Waals surface area contributed by atoms with Crippen LogP contribution >= 0.6 is 0 Å². The highest BCUT2D eigenvalue weighted by molar-refractivity contribution is 5.32. The molecule has 2 nitrogen and oxygen atoms in total. The quantitative estimate of drug-likeness (QED) is 0.631. The van der Waals surface area contributed by atoms with Crippen molar-refractivity contribution in [2.45, 2.75) is 78.2 Å². The highest BCUT2D eigenvalue weighted by Gasteiger charge is 2.58. The Bertz CT molecular complexity index is 659. The van der Waals surface area contributed by atoms with E-state index < -0.39 is 0 Å². The Morgan fingerprint density at radius 2 is 1.74 bits per heavy atom. The van der Waals surface area contributed by atoms with Gasteiger partial charge in [0.05, 0.1) is 6.10 Å². The highest BCUT2D eigenvalue weighted by Crippen LogP contribution is 2.67. The summed E-state index contributed by atoms with van der Waals surface area (Å²) in [6.07, 6.45) is 15.2. The first-order chi connectivity index (χ1) is 12.9. The second kappa shape index (κ2) is 6.46. The number of hydrogen-bond acceptors (Lipinski definition) is 2. The third-order valence-corrected chi connectivity index (χ3v) is 9.83. The normalized spacial score (nSPS) is 50.3. The maximum absolute atomic E-state index is 10.3. The van der Waals surface area contributed by atoms with Crippen LogP contribution in [0.15, 0.2) is 23.3 Å². The van der Waals surface area contributed by atoms with E-state index in [1.54, 1.807) is 5.57 Å². The molecule has 5 aliphatic rings. The van der Waals surface area contributed by atoms with Crippen molar-refractivity contribution in [1.82, 2.24) is 5.32 Å². The summed E-state index contributed by atoms with van der Waals surface area (Å²) in [7, 11) is 0. The van der Waals surface area contributed by atoms with Crippen LogP contribution in [-0.4, -0.2) is 24.3 Å². The summed E-state index contributed by atoms with van der Waals surface area (Å²) in [5, 5.41) is 13.8. The van der Waals surface area contributed by atoms with Crippen LogP contribution in [0.4, 0.5) is 0 Å². The highest BCUT2D eigenvalue weighted by atomic mass is 16.3. The van der Waals surface area contributed by atoms with E-state index in [1.807, 2.05) is 5.57 Å². The molecule has 0 aromatic rings. The number of nitrogens with one attached hydrogen (secondary N) is 1. The molecule has 0 spiro atoms. The van der Waals surface area contributed by atoms with E-state index >= 15 is 0 Å². The van der Waals surface area contributed by atoms with E-state index in [1.165, 1.54) is 51.6 Å². The summed E-state index contributed by atoms with van der Waals surface area (Å²) in [5.41, 5.74) is 4.25. The van der Waals surface area contributed by atoms with Gasteiger partial charge in [-0.1, -0.05) is 44.1 Å². The lowest BCUT2D eigenvalue weighted by molar-refractivity contribution is -0.0503. The van der Waals surface area contributed by atoms with Gasteiger partial charge < -0.3 is 10.4 Å². The number of allylic oxidation sites excluding steroid dienone is 3. The molecule has 3 fully saturated rings. The van der Waals surface area contributed by atoms with E-state index in [-0.39, 0.29) is 6.10 Å². The number of aliphatic hydroxyl groups is 1. The zero-order chi connectivity index (χ0) is 18.8. The van der Waals surface area contributed by atoms with Gasteiger partial charge in [0, 0.05) is 0 Å². The molecule has 0 aromatic carbocycles. The molecule has 2 saturated carbocycles. The van der Waals surface area contributed by atoms with Crippen molar-refractivity contribution in [1.29, 1.82) is 0 Å². The summed E-state index contributed by atoms with van der Waals surface area (Å²) in [4.78, 5) is 0. The Labute approximate surface area is 165 Å². The minimum absolute atomic E-state index is 0.0957. The van der Waals surface area contributed by atoms with Gasteiger partial charge in [-0.3, -0.25) is 0 Å². The largest absolute Gasteiger partial charge is 0.393 e. The third kappa shape index (κ3) is 2.65. The molecule has 1 heterocycles. The number of hydrogen-bond donors (Lipinski definition) is 2. The van der Waals surface area contributed by atoms with Gasteiger partial charge in [-0.15, -0.1) is 0 Å². The molecule has 0 amide bonds. The van der Waals surface area contributed by atoms with Crippen molar-refractivity contribution in [3.05, 3.63) is 23.3 Å². The van der Waals surface area contributed by atoms with Gasteiger partial charge in [0.25, 0.3) is 0 Å². The molecule has 5 rings (SSSR count). The Balaban J connectivity index is 1.46. The van der Waals surface area contributed by atoms with Crippen LogP contribution in [-0.2, 0) is 0 Å². The maximum atomic E-state index is 10.3. The minimum atomic E-state index is -0.0957. The monoisotopic (exact) mass is 369 g/mol. The molecule has 4 aliphatic carbocycles. The maximum Gasteiger partial charge on any atom is 0.0577 e. The summed E-state index contributed by atoms with van der Waals surface area (Å²) in [5.74, 6) is 4.02. The van der Waals surface area contributed by atoms with Crippen molar-refractivity contribution >= 4 is 0 Å². The number of fused-ring (bicyclic) bond motifs is 5. The van der Waals surface area contributed by atoms with Crippen molar-refractivity contribution in [3.8, 4) is 0 Å². The SMILES string of the molecule is C[C@@H]1C=C2C[C@H](O)CC[C@]2(C)[C@H]2CC[C@]3(C)C(C4CCNCC4)=CC[C@H]3[C@H]12. The molecule has 1 saturated heterocycles. The van der Waals surface area contributed by atoms with Crippen molar-refractivity contribution in [3.63, 3.8) is 0 Å². The Kier molecular flexibility index (Phi) is 4.41. The molecular formula is C25H39NO. The average Bonchev–Trinajstić information content (AvgIpc) is 3.01. The first kappa shape index (κ1) is 18.4. The predicted molar refractivity (Wildman–Crippen MR) is 111 cm³/mol. The van der Waals surface area contributed by atoms with Gasteiger partial charge in [0.15, 0.2) is 0 Å². The van der Waals surface area contributed by atoms with Gasteiger partial charge >= 0.3 is 0 Å². The lowest BCUT2D eigenvalue weighted by Gasteiger charge is -2.60. The smallest absolute Gasteiger partial charge is 0.0577 e. The van der Waals surface area contributed by atoms with Crippen LogP contribution in [0.1, 0.15) is 72.1 Å². The molecule has 1 aliphatic heterocycles. The van der Waals surface area contributed by atoms with Crippen LogP contribution in [0.25, 0.3) is 0 Å². The molecule has 0 bridgehead atoms. The van der Waals surface area contributed by atoms with Crippen molar-refractivity contribution < 1.29 is 5.11 Å². The zero-order valence-electron chi connectivity index (χ0n) is 17.6. The Hall–Kier alpha value is -0.600. The molecule has 0 aromatic heterocycles. The standard InChI is InChI=1S/C25H39NO/c1-16-14-18-15-19(27)6-10-24(18,2)22-7-11-25(3)20(4-5-21(25)23(16)22)17-8-12-26-13-9-17/h4,14,16-17,19,21-23,26-27H,5-13,15H2,1-3H3/t16-,19-,21+,22+,23+,24+,25-/m1/s1. The number of piperidine rings is 1. The first-order valence-electron chi connectivity index (χ1n) is 11.7. The van der Waals surface area contributed by atoms with Crippen LogP contribution in [0, 0.1) is 40.4 Å². The molecule has 2 N–H and O–H groups in total. The van der Waals surface area contributed by atoms with Gasteiger partial charge in [-0.2, -0.15) is 0 Å². The fourth-order valence-corrected chi connectivity index (χ4v) is 8.37. The van der Waals surface area contributed by atoms with E-state index in [0.717, 1.165) is 36.5 Å². The van der Waals surface area contributed by atoms with Gasteiger partial charge in [-0.25, -0.2) is 0 Å². The fraction of sp³-hybridized carbons (Fsp3) is 0.840. The molecule has 27 heavy (non-hydrogen) atoms. The van der Waals surface area contributed by atoms with Crippen LogP contribution in [0.3, 0.4) is 0 Å². The molecule has 150 valence electrons. The lowest BCUT2D eigenvalue weighted by Crippen LogP contribution is -2.52. The average molecular weight is 370 g/mol. The van der Waals surface area contributed by atoms with Crippen molar-refractivity contribution in [2.75, 3.05) is 13.1 Å². The molecular weight excluding hydrogens is 330 g/mol. The molecule has 0 radical (unpaired) electrons. The van der Waals surface area contributed by atoms with Gasteiger partial charge in [-0.05, 0) is 105 Å². The molecule has 2 heteroatoms. The molecule has 7 atom stereocenters. The van der Waals surface area contributed by atoms with Crippen LogP contribution in [0.2, 0.25) is 0 Å². The van der Waals surface area contributed by atoms with Crippen LogP contribution in [0.5, 0.6) is 0 Å². The summed E-state index contributed by atoms with van der Waals surface area (Å²) in [6.45, 7) is 10.1. The summed E-state index contributed by atoms with van der Waals surface area (Å²) < 4.78 is 0.